The number of furan rings is 2. The van der Waals surface area contributed by atoms with Crippen LogP contribution in [0.2, 0.25) is 0 Å². The Morgan fingerprint density at radius 2 is 1.06 bits per heavy atom. The molecule has 2 aromatic heterocycles. The molecule has 2 amide bonds. The van der Waals surface area contributed by atoms with Crippen molar-refractivity contribution in [2.75, 3.05) is 0 Å². The Labute approximate surface area is 404 Å². The van der Waals surface area contributed by atoms with Crippen LogP contribution >= 0.6 is 0 Å². The molecule has 64 heavy (non-hydrogen) atoms. The van der Waals surface area contributed by atoms with Crippen molar-refractivity contribution in [2.24, 2.45) is 11.8 Å². The maximum Gasteiger partial charge on any atom is 1.00 e. The summed E-state index contributed by atoms with van der Waals surface area (Å²) in [7, 11) is -8.36. The summed E-state index contributed by atoms with van der Waals surface area (Å²) in [4.78, 5) is 38.1. The topological polar surface area (TPSA) is 190 Å². The van der Waals surface area contributed by atoms with Crippen molar-refractivity contribution in [1.29, 1.82) is 0 Å². The fraction of sp³-hybridized carbons (Fsp3) is 0.521. The van der Waals surface area contributed by atoms with E-state index in [0.717, 1.165) is 71.9 Å². The van der Waals surface area contributed by atoms with Crippen molar-refractivity contribution < 1.29 is 76.1 Å². The van der Waals surface area contributed by atoms with E-state index in [-0.39, 0.29) is 116 Å². The summed E-state index contributed by atoms with van der Waals surface area (Å²) < 4.78 is 67.2. The number of fused-ring (bicyclic) bond motifs is 8. The van der Waals surface area contributed by atoms with Crippen LogP contribution in [0.3, 0.4) is 0 Å². The summed E-state index contributed by atoms with van der Waals surface area (Å²) in [6, 6.07) is 14.6. The van der Waals surface area contributed by atoms with Crippen LogP contribution in [0, 0.1) is 11.8 Å². The molecule has 2 aromatic carbocycles. The molecule has 3 N–H and O–H groups in total. The van der Waals surface area contributed by atoms with Gasteiger partial charge in [-0.2, -0.15) is 16.8 Å². The number of Topliss-reactive ketones (excluding diaryl/α,β-unsaturated/α-hetero) is 1. The number of hydrogen-bond donors (Lipinski definition) is 3. The summed E-state index contributed by atoms with van der Waals surface area (Å²) >= 11 is 0. The number of carbonyl (C=O) groups excluding carboxylic acids is 3. The van der Waals surface area contributed by atoms with Gasteiger partial charge in [0.1, 0.15) is 11.5 Å². The summed E-state index contributed by atoms with van der Waals surface area (Å²) in [5.41, 5.74) is 6.83. The molecular weight excluding hydrogens is 862 g/mol. The van der Waals surface area contributed by atoms with E-state index in [2.05, 4.69) is 64.8 Å². The Kier molecular flexibility index (Phi) is 16.2. The molecule has 4 aromatic rings. The van der Waals surface area contributed by atoms with Gasteiger partial charge in [-0.15, -0.1) is 0 Å². The van der Waals surface area contributed by atoms with E-state index in [1.54, 1.807) is 0 Å². The molecule has 0 spiro atoms. The van der Waals surface area contributed by atoms with E-state index in [9.17, 15) is 36.3 Å². The van der Waals surface area contributed by atoms with Gasteiger partial charge >= 0.3 is 29.6 Å². The fourth-order valence-corrected chi connectivity index (χ4v) is 12.1. The van der Waals surface area contributed by atoms with E-state index < -0.39 is 38.0 Å². The quantitative estimate of drug-likeness (QED) is 0.145. The van der Waals surface area contributed by atoms with E-state index in [1.807, 2.05) is 36.4 Å². The monoisotopic (exact) mass is 923 g/mol. The van der Waals surface area contributed by atoms with Crippen LogP contribution in [0.25, 0.3) is 0 Å². The smallest absolute Gasteiger partial charge is 1.00 e. The minimum absolute atomic E-state index is 0. The van der Waals surface area contributed by atoms with Gasteiger partial charge in [0, 0.05) is 43.9 Å². The Morgan fingerprint density at radius 3 is 1.53 bits per heavy atom. The normalized spacial score (nSPS) is 20.9. The molecule has 5 atom stereocenters. The summed E-state index contributed by atoms with van der Waals surface area (Å²) in [6.45, 7) is 16.4. The molecule has 2 saturated carbocycles. The molecule has 5 unspecified atom stereocenters. The molecule has 0 saturated heterocycles. The number of amides is 2. The van der Waals surface area contributed by atoms with Crippen molar-refractivity contribution >= 4 is 46.1 Å². The third-order valence-corrected chi connectivity index (χ3v) is 15.7. The number of aliphatic hydroxyl groups excluding tert-OH is 1. The van der Waals surface area contributed by atoms with Crippen LogP contribution in [0.1, 0.15) is 198 Å². The van der Waals surface area contributed by atoms with Gasteiger partial charge in [-0.05, 0) is 101 Å². The standard InChI is InChI=1S/C24H31NO5S.C24H29NO5S.B.Na.H/c2*1-13(2)17-6-5-7-18(14(3)4)19(17)11-21(26)25-31(28,29)22-12-20-23(27)15-8-9-16(10-15)24(20)30-22;;;/h5-7,12-16,23,27H,8-11H2,1-4H3,(H,25,26);5-7,12-16H,8-11H2,1-4H3,(H,25,26);;;/q;;;+1;-1. The number of carbonyl (C=O) groups is 3. The first-order valence-corrected chi connectivity index (χ1v) is 25.0. The third kappa shape index (κ3) is 10.4. The molecule has 4 aliphatic carbocycles. The predicted molar refractivity (Wildman–Crippen MR) is 241 cm³/mol. The van der Waals surface area contributed by atoms with E-state index in [4.69, 9.17) is 8.83 Å². The minimum atomic E-state index is -4.20. The van der Waals surface area contributed by atoms with Crippen LogP contribution in [0.15, 0.2) is 67.5 Å². The van der Waals surface area contributed by atoms with Crippen LogP contribution in [-0.2, 0) is 42.5 Å². The molecule has 16 heteroatoms. The first kappa shape index (κ1) is 51.5. The van der Waals surface area contributed by atoms with E-state index in [0.29, 0.717) is 22.6 Å². The van der Waals surface area contributed by atoms with Gasteiger partial charge in [0.15, 0.2) is 5.78 Å². The van der Waals surface area contributed by atoms with Gasteiger partial charge in [-0.3, -0.25) is 14.4 Å². The first-order valence-electron chi connectivity index (χ1n) is 22.0. The number of benzene rings is 2. The fourth-order valence-electron chi connectivity index (χ4n) is 10.2. The Hall–Kier alpha value is -3.47. The Balaban J connectivity index is 0.000000272. The molecule has 12 nitrogen and oxygen atoms in total. The maximum atomic E-state index is 12.9. The molecule has 4 bridgehead atoms. The van der Waals surface area contributed by atoms with Crippen molar-refractivity contribution in [3.63, 3.8) is 0 Å². The average molecular weight is 924 g/mol. The number of ketones is 1. The van der Waals surface area contributed by atoms with Gasteiger partial charge in [0.05, 0.1) is 24.5 Å². The van der Waals surface area contributed by atoms with Crippen molar-refractivity contribution in [3.8, 4) is 0 Å². The number of nitrogens with one attached hydrogen (secondary N) is 2. The van der Waals surface area contributed by atoms with Gasteiger partial charge in [-0.25, -0.2) is 9.44 Å². The third-order valence-electron chi connectivity index (χ3n) is 13.2. The van der Waals surface area contributed by atoms with Crippen LogP contribution in [0.5, 0.6) is 0 Å². The zero-order valence-electron chi connectivity index (χ0n) is 39.5. The van der Waals surface area contributed by atoms with Crippen molar-refractivity contribution in [1.82, 2.24) is 9.44 Å². The molecule has 2 fully saturated rings. The van der Waals surface area contributed by atoms with Crippen molar-refractivity contribution in [3.05, 3.63) is 105 Å². The zero-order chi connectivity index (χ0) is 45.0. The number of rotatable bonds is 12. The summed E-state index contributed by atoms with van der Waals surface area (Å²) in [5, 5.41) is 9.88. The van der Waals surface area contributed by atoms with Crippen LogP contribution in [-0.4, -0.2) is 48.0 Å². The van der Waals surface area contributed by atoms with Gasteiger partial charge in [0.2, 0.25) is 22.0 Å². The number of sulfonamides is 2. The van der Waals surface area contributed by atoms with Crippen LogP contribution in [0.4, 0.5) is 0 Å². The predicted octanol–water partition coefficient (Wildman–Crippen LogP) is 5.89. The van der Waals surface area contributed by atoms with Gasteiger partial charge in [-0.1, -0.05) is 91.8 Å². The van der Waals surface area contributed by atoms with Crippen LogP contribution < -0.4 is 39.0 Å². The average Bonchev–Trinajstić information content (AvgIpc) is 4.01. The molecule has 8 rings (SSSR count). The molecular formula is C48H61BN2NaO10S2. The second-order valence-corrected chi connectivity index (χ2v) is 22.1. The Morgan fingerprint density at radius 1 is 0.656 bits per heavy atom. The largest absolute Gasteiger partial charge is 1.00 e. The second-order valence-electron chi connectivity index (χ2n) is 18.9. The first-order chi connectivity index (χ1) is 29.2. The SMILES string of the molecule is CC(C)c1cccc(C(C)C)c1CC(=O)NS(=O)(=O)c1cc2c(o1)C1CCC(C1)C2=O.CC(C)c1cccc(C(C)C)c1CC(=O)NS(=O)(=O)c1cc2c(o1)C1CCC(C1)C2O.[B].[H-].[Na+]. The maximum absolute atomic E-state index is 12.9. The van der Waals surface area contributed by atoms with E-state index >= 15 is 0 Å². The number of aliphatic hydroxyl groups is 1. The summed E-state index contributed by atoms with van der Waals surface area (Å²) in [6.07, 6.45) is 4.23. The van der Waals surface area contributed by atoms with Crippen molar-refractivity contribution in [2.45, 2.75) is 159 Å². The molecule has 0 aliphatic heterocycles. The second kappa shape index (κ2) is 20.2. The summed E-state index contributed by atoms with van der Waals surface area (Å²) in [5.74, 6) is 0.950. The molecule has 4 aliphatic rings. The zero-order valence-corrected chi connectivity index (χ0v) is 42.1. The van der Waals surface area contributed by atoms with Gasteiger partial charge in [0.25, 0.3) is 20.0 Å². The Bertz CT molecular complexity index is 2560. The molecule has 339 valence electrons. The minimum Gasteiger partial charge on any atom is -1.00 e. The number of hydrogen-bond acceptors (Lipinski definition) is 10. The molecule has 3 radical (unpaired) electrons. The van der Waals surface area contributed by atoms with Gasteiger partial charge < -0.3 is 15.4 Å². The molecule has 2 heterocycles. The van der Waals surface area contributed by atoms with E-state index in [1.165, 1.54) is 12.1 Å².